The fourth-order valence-corrected chi connectivity index (χ4v) is 0.902. The lowest BCUT2D eigenvalue weighted by molar-refractivity contribution is -0.140. The van der Waals surface area contributed by atoms with Crippen LogP contribution in [0.1, 0.15) is 20.3 Å². The first-order chi connectivity index (χ1) is 5.49. The molecule has 0 heterocycles. The molecular weight excluding hydrogens is 160 g/mol. The molecule has 0 radical (unpaired) electrons. The minimum absolute atomic E-state index is 0.180. The number of hydroxylamine groups is 1. The van der Waals surface area contributed by atoms with Gasteiger partial charge in [0.05, 0.1) is 0 Å². The molecule has 0 rings (SSSR count). The lowest BCUT2D eigenvalue weighted by atomic mass is 9.96. The van der Waals surface area contributed by atoms with Gasteiger partial charge in [-0.3, -0.25) is 14.8 Å². The third kappa shape index (κ3) is 3.34. The molecule has 0 spiro atoms. The highest BCUT2D eigenvalue weighted by Crippen LogP contribution is 2.10. The summed E-state index contributed by atoms with van der Waals surface area (Å²) in [6.45, 7) is 3.72. The lowest BCUT2D eigenvalue weighted by Gasteiger charge is -2.12. The second-order valence-electron chi connectivity index (χ2n) is 3.06. The Morgan fingerprint density at radius 3 is 2.25 bits per heavy atom. The van der Waals surface area contributed by atoms with Crippen LogP contribution in [0.25, 0.3) is 0 Å². The predicted molar refractivity (Wildman–Crippen MR) is 42.1 cm³/mol. The van der Waals surface area contributed by atoms with Crippen molar-refractivity contribution < 1.29 is 14.8 Å². The number of carbonyl (C=O) groups excluding carboxylic acids is 2. The van der Waals surface area contributed by atoms with Gasteiger partial charge >= 0.3 is 0 Å². The van der Waals surface area contributed by atoms with Gasteiger partial charge in [0.1, 0.15) is 5.92 Å². The molecule has 0 saturated heterocycles. The summed E-state index contributed by atoms with van der Waals surface area (Å²) in [4.78, 5) is 21.5. The Balaban J connectivity index is 4.23. The van der Waals surface area contributed by atoms with Crippen molar-refractivity contribution in [1.82, 2.24) is 5.48 Å². The maximum atomic E-state index is 10.8. The van der Waals surface area contributed by atoms with E-state index in [0.29, 0.717) is 6.42 Å². The molecule has 1 atom stereocenters. The molecule has 5 heteroatoms. The van der Waals surface area contributed by atoms with E-state index in [9.17, 15) is 9.59 Å². The molecule has 70 valence electrons. The van der Waals surface area contributed by atoms with Crippen LogP contribution >= 0.6 is 0 Å². The van der Waals surface area contributed by atoms with Crippen LogP contribution in [0, 0.1) is 11.8 Å². The first-order valence-electron chi connectivity index (χ1n) is 3.72. The second kappa shape index (κ2) is 4.71. The summed E-state index contributed by atoms with van der Waals surface area (Å²) in [7, 11) is 0. The molecule has 0 saturated carbocycles. The number of nitrogens with two attached hydrogens (primary N) is 1. The quantitative estimate of drug-likeness (QED) is 0.308. The minimum atomic E-state index is -0.935. The van der Waals surface area contributed by atoms with Crippen molar-refractivity contribution in [3.8, 4) is 0 Å². The van der Waals surface area contributed by atoms with Gasteiger partial charge in [-0.15, -0.1) is 0 Å². The topological polar surface area (TPSA) is 92.4 Å². The van der Waals surface area contributed by atoms with Crippen LogP contribution in [-0.4, -0.2) is 17.0 Å². The van der Waals surface area contributed by atoms with E-state index in [1.165, 1.54) is 5.48 Å². The molecule has 0 aromatic heterocycles. The maximum Gasteiger partial charge on any atom is 0.255 e. The van der Waals surface area contributed by atoms with Gasteiger partial charge in [0.2, 0.25) is 5.91 Å². The van der Waals surface area contributed by atoms with Crippen molar-refractivity contribution in [2.24, 2.45) is 17.6 Å². The molecule has 0 bridgehead atoms. The van der Waals surface area contributed by atoms with Gasteiger partial charge in [-0.25, -0.2) is 5.48 Å². The minimum Gasteiger partial charge on any atom is -0.369 e. The molecule has 4 N–H and O–H groups in total. The van der Waals surface area contributed by atoms with Gasteiger partial charge in [-0.1, -0.05) is 13.8 Å². The Morgan fingerprint density at radius 2 is 2.00 bits per heavy atom. The van der Waals surface area contributed by atoms with Crippen molar-refractivity contribution in [3.05, 3.63) is 0 Å². The van der Waals surface area contributed by atoms with Gasteiger partial charge in [0, 0.05) is 0 Å². The number of hydrogen-bond donors (Lipinski definition) is 3. The molecule has 0 aromatic carbocycles. The average molecular weight is 174 g/mol. The molecule has 12 heavy (non-hydrogen) atoms. The van der Waals surface area contributed by atoms with Crippen molar-refractivity contribution in [1.29, 1.82) is 0 Å². The molecule has 0 fully saturated rings. The van der Waals surface area contributed by atoms with E-state index in [2.05, 4.69) is 0 Å². The number of carbonyl (C=O) groups is 2. The SMILES string of the molecule is CC(C)CC(C(N)=O)C(=O)NO. The number of hydrogen-bond acceptors (Lipinski definition) is 3. The zero-order valence-electron chi connectivity index (χ0n) is 7.20. The fraction of sp³-hybridized carbons (Fsp3) is 0.714. The number of rotatable bonds is 4. The largest absolute Gasteiger partial charge is 0.369 e. The average Bonchev–Trinajstić information content (AvgIpc) is 1.98. The standard InChI is InChI=1S/C7H14N2O3/c1-4(2)3-5(6(8)10)7(11)9-12/h4-5,12H,3H2,1-2H3,(H2,8,10)(H,9,11). The molecule has 0 aromatic rings. The van der Waals surface area contributed by atoms with E-state index in [1.54, 1.807) is 0 Å². The summed E-state index contributed by atoms with van der Waals surface area (Å²) in [5, 5.41) is 8.26. The van der Waals surface area contributed by atoms with Crippen LogP contribution in [0.15, 0.2) is 0 Å². The molecule has 0 aliphatic carbocycles. The van der Waals surface area contributed by atoms with Gasteiger partial charge in [0.15, 0.2) is 0 Å². The summed E-state index contributed by atoms with van der Waals surface area (Å²) in [5.41, 5.74) is 6.36. The molecule has 5 nitrogen and oxygen atoms in total. The molecule has 1 unspecified atom stereocenters. The predicted octanol–water partition coefficient (Wildman–Crippen LogP) is -0.361. The van der Waals surface area contributed by atoms with E-state index >= 15 is 0 Å². The Kier molecular flexibility index (Phi) is 4.28. The van der Waals surface area contributed by atoms with Gasteiger partial charge in [-0.05, 0) is 12.3 Å². The molecule has 2 amide bonds. The van der Waals surface area contributed by atoms with Crippen LogP contribution in [0.3, 0.4) is 0 Å². The molecule has 0 aliphatic rings. The molecular formula is C7H14N2O3. The monoisotopic (exact) mass is 174 g/mol. The van der Waals surface area contributed by atoms with Crippen LogP contribution in [0.4, 0.5) is 0 Å². The van der Waals surface area contributed by atoms with Crippen LogP contribution in [-0.2, 0) is 9.59 Å². The van der Waals surface area contributed by atoms with E-state index in [-0.39, 0.29) is 5.92 Å². The normalized spacial score (nSPS) is 12.7. The third-order valence-electron chi connectivity index (χ3n) is 1.48. The number of nitrogens with one attached hydrogen (secondary N) is 1. The summed E-state index contributed by atoms with van der Waals surface area (Å²) in [6, 6.07) is 0. The van der Waals surface area contributed by atoms with Crippen molar-refractivity contribution >= 4 is 11.8 Å². The van der Waals surface area contributed by atoms with E-state index in [0.717, 1.165) is 0 Å². The Bertz CT molecular complexity index is 179. The van der Waals surface area contributed by atoms with Crippen molar-refractivity contribution in [2.75, 3.05) is 0 Å². The van der Waals surface area contributed by atoms with E-state index in [1.807, 2.05) is 13.8 Å². The Hall–Kier alpha value is -1.10. The van der Waals surface area contributed by atoms with E-state index < -0.39 is 17.7 Å². The zero-order valence-corrected chi connectivity index (χ0v) is 7.20. The Labute approximate surface area is 70.9 Å². The van der Waals surface area contributed by atoms with Gasteiger partial charge in [0.25, 0.3) is 5.91 Å². The third-order valence-corrected chi connectivity index (χ3v) is 1.48. The highest BCUT2D eigenvalue weighted by Gasteiger charge is 2.24. The van der Waals surface area contributed by atoms with Gasteiger partial charge in [-0.2, -0.15) is 0 Å². The smallest absolute Gasteiger partial charge is 0.255 e. The first-order valence-corrected chi connectivity index (χ1v) is 3.72. The molecule has 0 aliphatic heterocycles. The van der Waals surface area contributed by atoms with Crippen molar-refractivity contribution in [3.63, 3.8) is 0 Å². The van der Waals surface area contributed by atoms with Crippen LogP contribution in [0.2, 0.25) is 0 Å². The summed E-state index contributed by atoms with van der Waals surface area (Å²) in [5.74, 6) is -2.21. The van der Waals surface area contributed by atoms with Crippen LogP contribution < -0.4 is 11.2 Å². The highest BCUT2D eigenvalue weighted by atomic mass is 16.5. The van der Waals surface area contributed by atoms with Gasteiger partial charge < -0.3 is 5.73 Å². The number of amides is 2. The second-order valence-corrected chi connectivity index (χ2v) is 3.06. The zero-order chi connectivity index (χ0) is 9.72. The summed E-state index contributed by atoms with van der Waals surface area (Å²) < 4.78 is 0. The van der Waals surface area contributed by atoms with E-state index in [4.69, 9.17) is 10.9 Å². The fourth-order valence-electron chi connectivity index (χ4n) is 0.902. The lowest BCUT2D eigenvalue weighted by Crippen LogP contribution is -2.38. The highest BCUT2D eigenvalue weighted by molar-refractivity contribution is 5.99. The number of primary amides is 1. The Morgan fingerprint density at radius 1 is 1.50 bits per heavy atom. The maximum absolute atomic E-state index is 10.8. The summed E-state index contributed by atoms with van der Waals surface area (Å²) in [6.07, 6.45) is 0.349. The van der Waals surface area contributed by atoms with Crippen LogP contribution in [0.5, 0.6) is 0 Å². The first kappa shape index (κ1) is 10.9. The van der Waals surface area contributed by atoms with Crippen molar-refractivity contribution in [2.45, 2.75) is 20.3 Å². The summed E-state index contributed by atoms with van der Waals surface area (Å²) >= 11 is 0.